The molecule has 0 saturated heterocycles. The van der Waals surface area contributed by atoms with Gasteiger partial charge in [0, 0.05) is 6.20 Å². The molecule has 1 unspecified atom stereocenters. The van der Waals surface area contributed by atoms with Crippen molar-refractivity contribution in [2.45, 2.75) is 0 Å². The summed E-state index contributed by atoms with van der Waals surface area (Å²) in [5.74, 6) is 0.181. The van der Waals surface area contributed by atoms with Gasteiger partial charge in [-0.05, 0) is 12.1 Å². The van der Waals surface area contributed by atoms with Crippen LogP contribution in [0.4, 0.5) is 0 Å². The molecule has 0 spiro atoms. The van der Waals surface area contributed by atoms with Crippen LogP contribution in [0, 0.1) is 0 Å². The van der Waals surface area contributed by atoms with E-state index in [4.69, 9.17) is 10.4 Å². The van der Waals surface area contributed by atoms with Crippen LogP contribution in [0.2, 0.25) is 0 Å². The third kappa shape index (κ3) is 3.13. The van der Waals surface area contributed by atoms with Gasteiger partial charge in [-0.2, -0.15) is 0 Å². The van der Waals surface area contributed by atoms with Crippen molar-refractivity contribution >= 4 is 7.75 Å². The summed E-state index contributed by atoms with van der Waals surface area (Å²) in [5, 5.41) is 0. The van der Waals surface area contributed by atoms with E-state index in [9.17, 15) is 4.57 Å². The van der Waals surface area contributed by atoms with E-state index in [-0.39, 0.29) is 5.75 Å². The minimum absolute atomic E-state index is 0.181. The van der Waals surface area contributed by atoms with Gasteiger partial charge in [0.1, 0.15) is 5.75 Å². The lowest BCUT2D eigenvalue weighted by molar-refractivity contribution is 0.380. The van der Waals surface area contributed by atoms with Crippen LogP contribution < -0.4 is 10.0 Å². The summed E-state index contributed by atoms with van der Waals surface area (Å²) in [7, 11) is -3.93. The van der Waals surface area contributed by atoms with E-state index in [1.165, 1.54) is 18.5 Å². The lowest BCUT2D eigenvalue weighted by Gasteiger charge is -2.05. The van der Waals surface area contributed by atoms with Crippen LogP contribution in [0.1, 0.15) is 0 Å². The average Bonchev–Trinajstić information content (AvgIpc) is 1.85. The molecule has 3 N–H and O–H groups in total. The lowest BCUT2D eigenvalue weighted by Crippen LogP contribution is -2.00. The second-order valence-electron chi connectivity index (χ2n) is 1.84. The maximum Gasteiger partial charge on any atom is 0.453 e. The molecule has 60 valence electrons. The van der Waals surface area contributed by atoms with Gasteiger partial charge in [-0.3, -0.25) is 4.98 Å². The summed E-state index contributed by atoms with van der Waals surface area (Å²) < 4.78 is 14.9. The van der Waals surface area contributed by atoms with Gasteiger partial charge in [-0.1, -0.05) is 0 Å². The molecule has 6 heteroatoms. The molecule has 0 aromatic carbocycles. The summed E-state index contributed by atoms with van der Waals surface area (Å²) in [5.41, 5.74) is 4.73. The minimum atomic E-state index is -3.93. The van der Waals surface area contributed by atoms with Crippen LogP contribution >= 0.6 is 7.75 Å². The van der Waals surface area contributed by atoms with Gasteiger partial charge in [-0.15, -0.1) is 0 Å². The van der Waals surface area contributed by atoms with Crippen molar-refractivity contribution in [2.75, 3.05) is 0 Å². The number of rotatable bonds is 2. The second kappa shape index (κ2) is 3.00. The summed E-state index contributed by atoms with van der Waals surface area (Å²) in [4.78, 5) is 12.2. The Balaban J connectivity index is 2.74. The summed E-state index contributed by atoms with van der Waals surface area (Å²) in [6, 6.07) is 3.06. The predicted molar refractivity (Wildman–Crippen MR) is 38.9 cm³/mol. The molecule has 0 amide bonds. The highest BCUT2D eigenvalue weighted by molar-refractivity contribution is 7.50. The van der Waals surface area contributed by atoms with Gasteiger partial charge in [0.15, 0.2) is 0 Å². The first-order valence-electron chi connectivity index (χ1n) is 2.79. The lowest BCUT2D eigenvalue weighted by atomic mass is 10.5. The number of pyridine rings is 1. The Morgan fingerprint density at radius 1 is 1.73 bits per heavy atom. The predicted octanol–water partition coefficient (Wildman–Crippen LogP) is 0.520. The van der Waals surface area contributed by atoms with E-state index in [2.05, 4.69) is 9.51 Å². The van der Waals surface area contributed by atoms with E-state index < -0.39 is 7.75 Å². The van der Waals surface area contributed by atoms with Crippen LogP contribution in [-0.4, -0.2) is 9.88 Å². The summed E-state index contributed by atoms with van der Waals surface area (Å²) >= 11 is 0. The molecule has 1 heterocycles. The molecule has 0 radical (unpaired) electrons. The van der Waals surface area contributed by atoms with Crippen LogP contribution in [0.25, 0.3) is 0 Å². The highest BCUT2D eigenvalue weighted by Gasteiger charge is 2.11. The van der Waals surface area contributed by atoms with Crippen molar-refractivity contribution in [3.8, 4) is 5.75 Å². The zero-order valence-electron chi connectivity index (χ0n) is 5.54. The van der Waals surface area contributed by atoms with Crippen molar-refractivity contribution in [1.29, 1.82) is 0 Å². The first-order valence-corrected chi connectivity index (χ1v) is 4.43. The first kappa shape index (κ1) is 8.20. The molecule has 0 aliphatic heterocycles. The molecule has 0 fully saturated rings. The number of hydrogen-bond acceptors (Lipinski definition) is 3. The fraction of sp³-hybridized carbons (Fsp3) is 0. The maximum absolute atomic E-state index is 10.5. The molecular formula is C5H7N2O3P. The quantitative estimate of drug-likeness (QED) is 0.638. The second-order valence-corrected chi connectivity index (χ2v) is 3.15. The van der Waals surface area contributed by atoms with Crippen molar-refractivity contribution in [2.24, 2.45) is 5.50 Å². The summed E-state index contributed by atoms with van der Waals surface area (Å²) in [6.45, 7) is 0. The van der Waals surface area contributed by atoms with Crippen molar-refractivity contribution in [3.63, 3.8) is 0 Å². The Morgan fingerprint density at radius 3 is 2.91 bits per heavy atom. The zero-order chi connectivity index (χ0) is 8.32. The van der Waals surface area contributed by atoms with E-state index in [1.54, 1.807) is 6.07 Å². The van der Waals surface area contributed by atoms with Crippen LogP contribution in [0.5, 0.6) is 5.75 Å². The van der Waals surface area contributed by atoms with Gasteiger partial charge >= 0.3 is 7.75 Å². The Labute approximate surface area is 63.4 Å². The maximum atomic E-state index is 10.5. The van der Waals surface area contributed by atoms with E-state index in [1.807, 2.05) is 0 Å². The SMILES string of the molecule is NP(=O)(O)Oc1cccnc1. The molecule has 1 atom stereocenters. The third-order valence-electron chi connectivity index (χ3n) is 0.871. The monoisotopic (exact) mass is 174 g/mol. The highest BCUT2D eigenvalue weighted by Crippen LogP contribution is 2.32. The highest BCUT2D eigenvalue weighted by atomic mass is 31.2. The van der Waals surface area contributed by atoms with Crippen molar-refractivity contribution in [1.82, 2.24) is 4.98 Å². The molecule has 5 nitrogen and oxygen atoms in total. The van der Waals surface area contributed by atoms with Crippen LogP contribution in [0.3, 0.4) is 0 Å². The topological polar surface area (TPSA) is 85.4 Å². The Kier molecular flexibility index (Phi) is 2.24. The third-order valence-corrected chi connectivity index (χ3v) is 1.34. The van der Waals surface area contributed by atoms with Gasteiger partial charge in [0.05, 0.1) is 6.20 Å². The Morgan fingerprint density at radius 2 is 2.45 bits per heavy atom. The number of nitrogens with zero attached hydrogens (tertiary/aromatic N) is 1. The number of aromatic nitrogens is 1. The normalized spacial score (nSPS) is 15.5. The van der Waals surface area contributed by atoms with Gasteiger partial charge in [0.25, 0.3) is 0 Å². The molecule has 1 rings (SSSR count). The zero-order valence-corrected chi connectivity index (χ0v) is 6.44. The Bertz CT molecular complexity index is 270. The molecule has 11 heavy (non-hydrogen) atoms. The fourth-order valence-electron chi connectivity index (χ4n) is 0.552. The van der Waals surface area contributed by atoms with Gasteiger partial charge in [0.2, 0.25) is 0 Å². The van der Waals surface area contributed by atoms with E-state index in [0.717, 1.165) is 0 Å². The standard InChI is InChI=1S/C5H7N2O3P/c6-11(8,9)10-5-2-1-3-7-4-5/h1-4H,(H3,6,8,9). The molecule has 1 aromatic heterocycles. The smallest absolute Gasteiger partial charge is 0.412 e. The van der Waals surface area contributed by atoms with Crippen molar-refractivity contribution in [3.05, 3.63) is 24.5 Å². The molecule has 0 aliphatic rings. The Hall–Kier alpha value is -0.900. The van der Waals surface area contributed by atoms with Gasteiger partial charge < -0.3 is 9.42 Å². The number of hydrogen-bond donors (Lipinski definition) is 2. The molecule has 0 saturated carbocycles. The minimum Gasteiger partial charge on any atom is -0.412 e. The van der Waals surface area contributed by atoms with E-state index in [0.29, 0.717) is 0 Å². The average molecular weight is 174 g/mol. The van der Waals surface area contributed by atoms with Crippen molar-refractivity contribution < 1.29 is 14.0 Å². The summed E-state index contributed by atoms with van der Waals surface area (Å²) in [6.07, 6.45) is 2.82. The van der Waals surface area contributed by atoms with Gasteiger partial charge in [-0.25, -0.2) is 10.1 Å². The van der Waals surface area contributed by atoms with Crippen LogP contribution in [-0.2, 0) is 4.57 Å². The molecule has 1 aromatic rings. The fourth-order valence-corrected chi connectivity index (χ4v) is 0.962. The van der Waals surface area contributed by atoms with Crippen LogP contribution in [0.15, 0.2) is 24.5 Å². The first-order chi connectivity index (χ1) is 5.08. The largest absolute Gasteiger partial charge is 0.453 e. The molecular weight excluding hydrogens is 167 g/mol. The molecule has 0 aliphatic carbocycles. The molecule has 0 bridgehead atoms. The van der Waals surface area contributed by atoms with E-state index >= 15 is 0 Å². The number of nitrogens with two attached hydrogens (primary N) is 1.